The summed E-state index contributed by atoms with van der Waals surface area (Å²) in [6.45, 7) is 5.65. The summed E-state index contributed by atoms with van der Waals surface area (Å²) in [6.07, 6.45) is 2.25. The zero-order valence-corrected chi connectivity index (χ0v) is 9.58. The molecule has 0 aromatic rings. The van der Waals surface area contributed by atoms with Gasteiger partial charge in [0.15, 0.2) is 0 Å². The summed E-state index contributed by atoms with van der Waals surface area (Å²) in [6, 6.07) is -0.543. The van der Waals surface area contributed by atoms with E-state index in [1.807, 2.05) is 6.92 Å². The molecular formula is C11H19NO3. The van der Waals surface area contributed by atoms with Crippen molar-refractivity contribution in [3.05, 3.63) is 0 Å². The lowest BCUT2D eigenvalue weighted by Gasteiger charge is -2.15. The van der Waals surface area contributed by atoms with E-state index < -0.39 is 6.04 Å². The van der Waals surface area contributed by atoms with Crippen LogP contribution in [0.5, 0.6) is 0 Å². The van der Waals surface area contributed by atoms with Crippen molar-refractivity contribution >= 4 is 11.9 Å². The molecule has 2 unspecified atom stereocenters. The Morgan fingerprint density at radius 2 is 2.00 bits per heavy atom. The van der Waals surface area contributed by atoms with Gasteiger partial charge in [-0.25, -0.2) is 4.79 Å². The maximum Gasteiger partial charge on any atom is 0.328 e. The first kappa shape index (κ1) is 12.0. The van der Waals surface area contributed by atoms with Gasteiger partial charge in [-0.15, -0.1) is 0 Å². The van der Waals surface area contributed by atoms with Crippen LogP contribution in [-0.4, -0.2) is 24.5 Å². The molecule has 1 saturated carbocycles. The Morgan fingerprint density at radius 3 is 2.47 bits per heavy atom. The number of ether oxygens (including phenoxy) is 1. The van der Waals surface area contributed by atoms with E-state index in [-0.39, 0.29) is 17.8 Å². The van der Waals surface area contributed by atoms with Gasteiger partial charge in [-0.1, -0.05) is 6.92 Å². The molecule has 1 aliphatic carbocycles. The molecule has 1 rings (SSSR count). The fourth-order valence-electron chi connectivity index (χ4n) is 1.48. The summed E-state index contributed by atoms with van der Waals surface area (Å²) >= 11 is 0. The molecule has 0 radical (unpaired) electrons. The van der Waals surface area contributed by atoms with E-state index in [1.54, 1.807) is 13.8 Å². The highest BCUT2D eigenvalue weighted by Crippen LogP contribution is 2.36. The summed E-state index contributed by atoms with van der Waals surface area (Å²) in [7, 11) is 0. The second-order valence-electron chi connectivity index (χ2n) is 4.11. The molecule has 0 aliphatic heterocycles. The van der Waals surface area contributed by atoms with Gasteiger partial charge >= 0.3 is 5.97 Å². The molecular weight excluding hydrogens is 194 g/mol. The Hall–Kier alpha value is -1.06. The van der Waals surface area contributed by atoms with Crippen LogP contribution in [0.1, 0.15) is 33.6 Å². The molecule has 0 aromatic carbocycles. The predicted octanol–water partition coefficient (Wildman–Crippen LogP) is 1.10. The monoisotopic (exact) mass is 213 g/mol. The largest absolute Gasteiger partial charge is 0.464 e. The number of esters is 1. The summed E-state index contributed by atoms with van der Waals surface area (Å²) < 4.78 is 4.81. The Morgan fingerprint density at radius 1 is 1.40 bits per heavy atom. The van der Waals surface area contributed by atoms with Crippen LogP contribution < -0.4 is 5.32 Å². The lowest BCUT2D eigenvalue weighted by Crippen LogP contribution is -2.42. The highest BCUT2D eigenvalue weighted by atomic mass is 16.5. The predicted molar refractivity (Wildman–Crippen MR) is 56.1 cm³/mol. The number of carbonyl (C=O) groups excluding carboxylic acids is 2. The summed E-state index contributed by atoms with van der Waals surface area (Å²) in [4.78, 5) is 22.9. The van der Waals surface area contributed by atoms with Crippen molar-refractivity contribution in [2.45, 2.75) is 39.7 Å². The van der Waals surface area contributed by atoms with Crippen LogP contribution in [0.4, 0.5) is 0 Å². The van der Waals surface area contributed by atoms with Gasteiger partial charge in [-0.3, -0.25) is 4.79 Å². The zero-order valence-electron chi connectivity index (χ0n) is 9.58. The minimum absolute atomic E-state index is 0.0156. The molecule has 86 valence electrons. The van der Waals surface area contributed by atoms with Gasteiger partial charge < -0.3 is 10.1 Å². The Kier molecular flexibility index (Phi) is 4.12. The van der Waals surface area contributed by atoms with Crippen LogP contribution in [0, 0.1) is 11.8 Å². The van der Waals surface area contributed by atoms with E-state index in [0.717, 1.165) is 12.8 Å². The zero-order chi connectivity index (χ0) is 11.4. The summed E-state index contributed by atoms with van der Waals surface area (Å²) in [5, 5.41) is 2.67. The van der Waals surface area contributed by atoms with Crippen LogP contribution >= 0.6 is 0 Å². The summed E-state index contributed by atoms with van der Waals surface area (Å²) in [5.74, 6) is 0.119. The number of nitrogens with one attached hydrogen (secondary N) is 1. The average Bonchev–Trinajstić information content (AvgIpc) is 3.00. The third-order valence-corrected chi connectivity index (χ3v) is 2.74. The number of hydrogen-bond acceptors (Lipinski definition) is 3. The number of hydrogen-bond donors (Lipinski definition) is 1. The molecule has 1 aliphatic rings. The molecule has 15 heavy (non-hydrogen) atoms. The van der Waals surface area contributed by atoms with Crippen molar-refractivity contribution < 1.29 is 14.3 Å². The Labute approximate surface area is 90.4 Å². The fourth-order valence-corrected chi connectivity index (χ4v) is 1.48. The lowest BCUT2D eigenvalue weighted by atomic mass is 10.1. The smallest absolute Gasteiger partial charge is 0.328 e. The third-order valence-electron chi connectivity index (χ3n) is 2.74. The van der Waals surface area contributed by atoms with Gasteiger partial charge in [-0.05, 0) is 32.6 Å². The van der Waals surface area contributed by atoms with Crippen molar-refractivity contribution in [1.29, 1.82) is 0 Å². The second kappa shape index (κ2) is 5.14. The molecule has 0 heterocycles. The van der Waals surface area contributed by atoms with E-state index in [0.29, 0.717) is 12.5 Å². The van der Waals surface area contributed by atoms with Crippen molar-refractivity contribution in [3.63, 3.8) is 0 Å². The molecule has 1 amide bonds. The number of rotatable bonds is 5. The van der Waals surface area contributed by atoms with Gasteiger partial charge in [0.1, 0.15) is 6.04 Å². The van der Waals surface area contributed by atoms with Crippen LogP contribution in [-0.2, 0) is 14.3 Å². The first-order valence-electron chi connectivity index (χ1n) is 5.53. The fraction of sp³-hybridized carbons (Fsp3) is 0.818. The van der Waals surface area contributed by atoms with Gasteiger partial charge in [-0.2, -0.15) is 0 Å². The van der Waals surface area contributed by atoms with E-state index in [4.69, 9.17) is 4.74 Å². The molecule has 0 saturated heterocycles. The van der Waals surface area contributed by atoms with Gasteiger partial charge in [0.25, 0.3) is 0 Å². The molecule has 0 spiro atoms. The van der Waals surface area contributed by atoms with Crippen molar-refractivity contribution in [2.24, 2.45) is 11.8 Å². The number of carbonyl (C=O) groups is 2. The normalized spacial score (nSPS) is 19.1. The minimum atomic E-state index is -0.543. The van der Waals surface area contributed by atoms with Crippen LogP contribution in [0.2, 0.25) is 0 Å². The minimum Gasteiger partial charge on any atom is -0.464 e. The Bertz CT molecular complexity index is 248. The highest BCUT2D eigenvalue weighted by Gasteiger charge is 2.33. The average molecular weight is 213 g/mol. The van der Waals surface area contributed by atoms with Crippen LogP contribution in [0.15, 0.2) is 0 Å². The molecule has 0 bridgehead atoms. The topological polar surface area (TPSA) is 55.4 Å². The third kappa shape index (κ3) is 3.53. The van der Waals surface area contributed by atoms with E-state index in [1.165, 1.54) is 0 Å². The maximum atomic E-state index is 11.6. The van der Waals surface area contributed by atoms with Crippen molar-refractivity contribution in [1.82, 2.24) is 5.32 Å². The second-order valence-corrected chi connectivity index (χ2v) is 4.11. The Balaban J connectivity index is 2.32. The number of amides is 1. The molecule has 2 atom stereocenters. The van der Waals surface area contributed by atoms with E-state index >= 15 is 0 Å². The molecule has 1 fully saturated rings. The highest BCUT2D eigenvalue weighted by molar-refractivity contribution is 5.85. The van der Waals surface area contributed by atoms with Crippen molar-refractivity contribution in [3.8, 4) is 0 Å². The SMILES string of the molecule is CCOC(=O)C(C)NC(=O)C(C)C1CC1. The van der Waals surface area contributed by atoms with Gasteiger partial charge in [0.05, 0.1) is 6.61 Å². The lowest BCUT2D eigenvalue weighted by molar-refractivity contribution is -0.147. The molecule has 4 nitrogen and oxygen atoms in total. The maximum absolute atomic E-state index is 11.6. The summed E-state index contributed by atoms with van der Waals surface area (Å²) in [5.41, 5.74) is 0. The standard InChI is InChI=1S/C11H19NO3/c1-4-15-11(14)8(3)12-10(13)7(2)9-5-6-9/h7-9H,4-6H2,1-3H3,(H,12,13). The van der Waals surface area contributed by atoms with E-state index in [2.05, 4.69) is 5.32 Å². The van der Waals surface area contributed by atoms with Crippen LogP contribution in [0.3, 0.4) is 0 Å². The van der Waals surface area contributed by atoms with Gasteiger partial charge in [0, 0.05) is 5.92 Å². The molecule has 4 heteroatoms. The first-order valence-corrected chi connectivity index (χ1v) is 5.53. The molecule has 0 aromatic heterocycles. The van der Waals surface area contributed by atoms with E-state index in [9.17, 15) is 9.59 Å². The molecule has 1 N–H and O–H groups in total. The van der Waals surface area contributed by atoms with Crippen LogP contribution in [0.25, 0.3) is 0 Å². The van der Waals surface area contributed by atoms with Crippen molar-refractivity contribution in [2.75, 3.05) is 6.61 Å². The first-order chi connectivity index (χ1) is 7.06. The quantitative estimate of drug-likeness (QED) is 0.696. The van der Waals surface area contributed by atoms with Gasteiger partial charge in [0.2, 0.25) is 5.91 Å².